The standard InChI is InChI=1S/C12H12BrNO2/c1-7(2)6-14-11(15)8-4-3-5-9(13)10(8)12(14)16/h3-5,7H,6H2,1-2H3. The molecule has 2 amide bonds. The summed E-state index contributed by atoms with van der Waals surface area (Å²) in [6.45, 7) is 4.44. The number of halogens is 1. The third-order valence-corrected chi connectivity index (χ3v) is 3.16. The van der Waals surface area contributed by atoms with Gasteiger partial charge in [-0.1, -0.05) is 19.9 Å². The van der Waals surface area contributed by atoms with Crippen molar-refractivity contribution >= 4 is 27.7 Å². The van der Waals surface area contributed by atoms with E-state index >= 15 is 0 Å². The Morgan fingerprint density at radius 1 is 1.25 bits per heavy atom. The summed E-state index contributed by atoms with van der Waals surface area (Å²) in [5, 5.41) is 0. The summed E-state index contributed by atoms with van der Waals surface area (Å²) in [4.78, 5) is 25.3. The fourth-order valence-electron chi connectivity index (χ4n) is 1.82. The number of hydrogen-bond donors (Lipinski definition) is 0. The quantitative estimate of drug-likeness (QED) is 0.782. The second-order valence-electron chi connectivity index (χ2n) is 4.28. The van der Waals surface area contributed by atoms with Crippen molar-refractivity contribution < 1.29 is 9.59 Å². The molecule has 0 spiro atoms. The topological polar surface area (TPSA) is 37.4 Å². The Morgan fingerprint density at radius 2 is 1.94 bits per heavy atom. The van der Waals surface area contributed by atoms with E-state index < -0.39 is 0 Å². The lowest BCUT2D eigenvalue weighted by Gasteiger charge is -2.15. The highest BCUT2D eigenvalue weighted by Crippen LogP contribution is 2.29. The molecule has 0 fully saturated rings. The molecule has 1 aliphatic heterocycles. The number of rotatable bonds is 2. The molecule has 0 aliphatic carbocycles. The lowest BCUT2D eigenvalue weighted by atomic mass is 10.1. The molecule has 0 radical (unpaired) electrons. The Morgan fingerprint density at radius 3 is 2.50 bits per heavy atom. The average Bonchev–Trinajstić information content (AvgIpc) is 2.44. The zero-order valence-corrected chi connectivity index (χ0v) is 10.7. The molecule has 0 unspecified atom stereocenters. The van der Waals surface area contributed by atoms with E-state index in [1.807, 2.05) is 13.8 Å². The fourth-order valence-corrected chi connectivity index (χ4v) is 2.36. The van der Waals surface area contributed by atoms with Crippen LogP contribution < -0.4 is 0 Å². The Labute approximate surface area is 103 Å². The minimum absolute atomic E-state index is 0.185. The lowest BCUT2D eigenvalue weighted by molar-refractivity contribution is 0.0636. The Bertz CT molecular complexity index is 468. The molecule has 3 nitrogen and oxygen atoms in total. The first-order chi connectivity index (χ1) is 7.52. The molecule has 1 aromatic rings. The highest BCUT2D eigenvalue weighted by molar-refractivity contribution is 9.10. The molecule has 0 saturated heterocycles. The van der Waals surface area contributed by atoms with Gasteiger partial charge in [-0.15, -0.1) is 0 Å². The molecular weight excluding hydrogens is 270 g/mol. The molecule has 16 heavy (non-hydrogen) atoms. The summed E-state index contributed by atoms with van der Waals surface area (Å²) >= 11 is 3.31. The number of imide groups is 1. The van der Waals surface area contributed by atoms with E-state index in [0.717, 1.165) is 0 Å². The van der Waals surface area contributed by atoms with Crippen molar-refractivity contribution in [3.8, 4) is 0 Å². The van der Waals surface area contributed by atoms with Crippen LogP contribution >= 0.6 is 15.9 Å². The van der Waals surface area contributed by atoms with Gasteiger partial charge < -0.3 is 0 Å². The second-order valence-corrected chi connectivity index (χ2v) is 5.13. The summed E-state index contributed by atoms with van der Waals surface area (Å²) < 4.78 is 0.689. The number of carbonyl (C=O) groups excluding carboxylic acids is 2. The van der Waals surface area contributed by atoms with Gasteiger partial charge in [0, 0.05) is 11.0 Å². The van der Waals surface area contributed by atoms with Crippen molar-refractivity contribution in [1.29, 1.82) is 0 Å². The first kappa shape index (κ1) is 11.3. The van der Waals surface area contributed by atoms with E-state index in [2.05, 4.69) is 15.9 Å². The number of nitrogens with zero attached hydrogens (tertiary/aromatic N) is 1. The van der Waals surface area contributed by atoms with Crippen LogP contribution in [-0.4, -0.2) is 23.3 Å². The number of hydrogen-bond acceptors (Lipinski definition) is 2. The molecule has 1 aromatic carbocycles. The van der Waals surface area contributed by atoms with Crippen molar-refractivity contribution in [2.75, 3.05) is 6.54 Å². The minimum atomic E-state index is -0.193. The lowest BCUT2D eigenvalue weighted by Crippen LogP contribution is -2.33. The molecular formula is C12H12BrNO2. The van der Waals surface area contributed by atoms with Gasteiger partial charge >= 0.3 is 0 Å². The SMILES string of the molecule is CC(C)CN1C(=O)c2cccc(Br)c2C1=O. The maximum Gasteiger partial charge on any atom is 0.262 e. The van der Waals surface area contributed by atoms with Crippen LogP contribution in [0.3, 0.4) is 0 Å². The maximum absolute atomic E-state index is 12.0. The summed E-state index contributed by atoms with van der Waals surface area (Å²) in [6, 6.07) is 5.25. The first-order valence-electron chi connectivity index (χ1n) is 5.17. The molecule has 84 valence electrons. The van der Waals surface area contributed by atoms with Crippen molar-refractivity contribution in [2.24, 2.45) is 5.92 Å². The molecule has 0 saturated carbocycles. The average molecular weight is 282 g/mol. The molecule has 0 bridgehead atoms. The van der Waals surface area contributed by atoms with Crippen LogP contribution in [0.15, 0.2) is 22.7 Å². The largest absolute Gasteiger partial charge is 0.274 e. The van der Waals surface area contributed by atoms with Gasteiger partial charge in [0.1, 0.15) is 0 Å². The predicted molar refractivity (Wildman–Crippen MR) is 64.3 cm³/mol. The zero-order chi connectivity index (χ0) is 11.9. The number of amides is 2. The van der Waals surface area contributed by atoms with E-state index in [0.29, 0.717) is 22.1 Å². The summed E-state index contributed by atoms with van der Waals surface area (Å²) in [6.07, 6.45) is 0. The molecule has 4 heteroatoms. The highest BCUT2D eigenvalue weighted by Gasteiger charge is 2.36. The van der Waals surface area contributed by atoms with Crippen LogP contribution in [0, 0.1) is 5.92 Å². The van der Waals surface area contributed by atoms with Crippen LogP contribution in [0.1, 0.15) is 34.6 Å². The van der Waals surface area contributed by atoms with Crippen LogP contribution in [0.4, 0.5) is 0 Å². The van der Waals surface area contributed by atoms with Gasteiger partial charge in [-0.05, 0) is 34.0 Å². The third kappa shape index (κ3) is 1.67. The van der Waals surface area contributed by atoms with E-state index in [9.17, 15) is 9.59 Å². The van der Waals surface area contributed by atoms with Gasteiger partial charge in [0.25, 0.3) is 11.8 Å². The van der Waals surface area contributed by atoms with Gasteiger partial charge in [-0.25, -0.2) is 0 Å². The van der Waals surface area contributed by atoms with Gasteiger partial charge in [0.05, 0.1) is 11.1 Å². The fraction of sp³-hybridized carbons (Fsp3) is 0.333. The van der Waals surface area contributed by atoms with Gasteiger partial charge in [0.2, 0.25) is 0 Å². The molecule has 0 N–H and O–H groups in total. The summed E-state index contributed by atoms with van der Waals surface area (Å²) in [7, 11) is 0. The van der Waals surface area contributed by atoms with Crippen LogP contribution in [0.2, 0.25) is 0 Å². The summed E-state index contributed by atoms with van der Waals surface area (Å²) in [5.74, 6) is -0.0998. The van der Waals surface area contributed by atoms with Crippen molar-refractivity contribution in [3.63, 3.8) is 0 Å². The van der Waals surface area contributed by atoms with Crippen LogP contribution in [0.25, 0.3) is 0 Å². The number of carbonyl (C=O) groups is 2. The van der Waals surface area contributed by atoms with Crippen LogP contribution in [0.5, 0.6) is 0 Å². The molecule has 2 rings (SSSR count). The van der Waals surface area contributed by atoms with Gasteiger partial charge in [0.15, 0.2) is 0 Å². The third-order valence-electron chi connectivity index (χ3n) is 2.50. The van der Waals surface area contributed by atoms with Crippen LogP contribution in [-0.2, 0) is 0 Å². The summed E-state index contributed by atoms with van der Waals surface area (Å²) in [5.41, 5.74) is 0.994. The van der Waals surface area contributed by atoms with Crippen molar-refractivity contribution in [1.82, 2.24) is 4.90 Å². The highest BCUT2D eigenvalue weighted by atomic mass is 79.9. The number of fused-ring (bicyclic) bond motifs is 1. The molecule has 0 aromatic heterocycles. The van der Waals surface area contributed by atoms with Crippen molar-refractivity contribution in [3.05, 3.63) is 33.8 Å². The molecule has 1 heterocycles. The van der Waals surface area contributed by atoms with Gasteiger partial charge in [-0.2, -0.15) is 0 Å². The van der Waals surface area contributed by atoms with E-state index in [-0.39, 0.29) is 17.7 Å². The van der Waals surface area contributed by atoms with Gasteiger partial charge in [-0.3, -0.25) is 14.5 Å². The van der Waals surface area contributed by atoms with Crippen molar-refractivity contribution in [2.45, 2.75) is 13.8 Å². The Hall–Kier alpha value is -1.16. The minimum Gasteiger partial charge on any atom is -0.274 e. The van der Waals surface area contributed by atoms with E-state index in [4.69, 9.17) is 0 Å². The molecule has 1 aliphatic rings. The maximum atomic E-state index is 12.0. The predicted octanol–water partition coefficient (Wildman–Crippen LogP) is 2.70. The van der Waals surface area contributed by atoms with E-state index in [1.165, 1.54) is 4.90 Å². The Balaban J connectivity index is 2.45. The second kappa shape index (κ2) is 4.01. The normalized spacial score (nSPS) is 14.9. The smallest absolute Gasteiger partial charge is 0.262 e. The Kier molecular flexibility index (Phi) is 2.84. The zero-order valence-electron chi connectivity index (χ0n) is 9.16. The first-order valence-corrected chi connectivity index (χ1v) is 5.96. The molecule has 0 atom stereocenters. The number of benzene rings is 1. The monoisotopic (exact) mass is 281 g/mol. The van der Waals surface area contributed by atoms with E-state index in [1.54, 1.807) is 18.2 Å².